The number of carbonyl (C=O) groups is 1. The zero-order valence-corrected chi connectivity index (χ0v) is 17.3. The third-order valence-electron chi connectivity index (χ3n) is 5.57. The summed E-state index contributed by atoms with van der Waals surface area (Å²) in [6, 6.07) is 1.70. The van der Waals surface area contributed by atoms with Gasteiger partial charge in [-0.05, 0) is 29.9 Å². The van der Waals surface area contributed by atoms with E-state index in [2.05, 4.69) is 20.5 Å². The highest BCUT2D eigenvalue weighted by atomic mass is 32.1. The minimum Gasteiger partial charge on any atom is -0.391 e. The highest BCUT2D eigenvalue weighted by Gasteiger charge is 2.25. The van der Waals surface area contributed by atoms with Gasteiger partial charge in [-0.25, -0.2) is 9.50 Å². The van der Waals surface area contributed by atoms with E-state index in [9.17, 15) is 9.90 Å². The summed E-state index contributed by atoms with van der Waals surface area (Å²) in [6.07, 6.45) is 12.4. The molecule has 0 radical (unpaired) electrons. The lowest BCUT2D eigenvalue weighted by atomic mass is 9.92. The molecule has 0 aromatic carbocycles. The number of hydrogen-bond acceptors (Lipinski definition) is 6. The van der Waals surface area contributed by atoms with E-state index >= 15 is 0 Å². The number of aliphatic hydroxyl groups is 1. The van der Waals surface area contributed by atoms with Crippen LogP contribution >= 0.6 is 11.3 Å². The van der Waals surface area contributed by atoms with E-state index in [-0.39, 0.29) is 11.9 Å². The van der Waals surface area contributed by atoms with Crippen molar-refractivity contribution in [2.45, 2.75) is 37.8 Å². The fraction of sp³-hybridized carbons (Fsp3) is 0.333. The summed E-state index contributed by atoms with van der Waals surface area (Å²) in [5.74, 6) is -0.138. The predicted octanol–water partition coefficient (Wildman–Crippen LogP) is 2.89. The molecule has 8 nitrogen and oxygen atoms in total. The number of aliphatic hydroxyl groups excluding tert-OH is 1. The molecule has 154 valence electrons. The van der Waals surface area contributed by atoms with E-state index in [1.54, 1.807) is 21.6 Å². The Morgan fingerprint density at radius 1 is 1.13 bits per heavy atom. The molecule has 0 bridgehead atoms. The topological polar surface area (TPSA) is 97.3 Å². The number of rotatable bonds is 4. The van der Waals surface area contributed by atoms with Gasteiger partial charge in [0.2, 0.25) is 0 Å². The van der Waals surface area contributed by atoms with Gasteiger partial charge in [0.05, 0.1) is 29.4 Å². The number of aryl methyl sites for hydroxylation is 1. The Bertz CT molecular complexity index is 1210. The number of aromatic nitrogens is 5. The molecular formula is C21H22N6O2S. The summed E-state index contributed by atoms with van der Waals surface area (Å²) in [5.41, 5.74) is 4.42. The lowest BCUT2D eigenvalue weighted by Crippen LogP contribution is -2.44. The standard InChI is InChI=1S/C21H22N6O2S/c1-26-10-15(8-23-26)14-7-22-20-16(9-24-27(20)11-14)13-6-19(30-12-13)21(29)25-17-4-2-3-5-18(17)28/h6-12,17-18,28H,2-5H2,1H3,(H,25,29). The summed E-state index contributed by atoms with van der Waals surface area (Å²) >= 11 is 1.39. The lowest BCUT2D eigenvalue weighted by molar-refractivity contribution is 0.0720. The molecule has 4 aromatic rings. The van der Waals surface area contributed by atoms with Crippen molar-refractivity contribution in [1.82, 2.24) is 29.7 Å². The molecule has 0 spiro atoms. The molecule has 5 rings (SSSR count). The number of nitrogens with zero attached hydrogens (tertiary/aromatic N) is 5. The molecule has 0 aliphatic heterocycles. The van der Waals surface area contributed by atoms with Crippen molar-refractivity contribution in [1.29, 1.82) is 0 Å². The van der Waals surface area contributed by atoms with Crippen LogP contribution in [0, 0.1) is 0 Å². The van der Waals surface area contributed by atoms with Crippen molar-refractivity contribution in [2.24, 2.45) is 7.05 Å². The van der Waals surface area contributed by atoms with Gasteiger partial charge in [0.15, 0.2) is 5.65 Å². The van der Waals surface area contributed by atoms with Gasteiger partial charge < -0.3 is 10.4 Å². The van der Waals surface area contributed by atoms with Crippen LogP contribution in [0.1, 0.15) is 35.4 Å². The van der Waals surface area contributed by atoms with Crippen molar-refractivity contribution >= 4 is 22.9 Å². The fourth-order valence-electron chi connectivity index (χ4n) is 3.91. The first-order chi connectivity index (χ1) is 14.6. The van der Waals surface area contributed by atoms with E-state index in [4.69, 9.17) is 0 Å². The van der Waals surface area contributed by atoms with Crippen LogP contribution in [0.4, 0.5) is 0 Å². The van der Waals surface area contributed by atoms with Crippen LogP contribution in [0.15, 0.2) is 42.4 Å². The van der Waals surface area contributed by atoms with Crippen molar-refractivity contribution in [3.8, 4) is 22.3 Å². The molecule has 4 aromatic heterocycles. The Hall–Kier alpha value is -3.04. The van der Waals surface area contributed by atoms with E-state index < -0.39 is 6.10 Å². The maximum absolute atomic E-state index is 12.7. The summed E-state index contributed by atoms with van der Waals surface area (Å²) in [5, 5.41) is 23.7. The smallest absolute Gasteiger partial charge is 0.261 e. The molecule has 1 aliphatic rings. The second-order valence-corrected chi connectivity index (χ2v) is 8.61. The molecule has 1 saturated carbocycles. The molecule has 30 heavy (non-hydrogen) atoms. The molecule has 1 amide bonds. The summed E-state index contributed by atoms with van der Waals surface area (Å²) < 4.78 is 3.49. The van der Waals surface area contributed by atoms with Gasteiger partial charge in [-0.1, -0.05) is 12.8 Å². The minimum atomic E-state index is -0.458. The lowest BCUT2D eigenvalue weighted by Gasteiger charge is -2.28. The zero-order chi connectivity index (χ0) is 20.7. The quantitative estimate of drug-likeness (QED) is 0.527. The zero-order valence-electron chi connectivity index (χ0n) is 16.5. The van der Waals surface area contributed by atoms with Crippen LogP contribution in [0.2, 0.25) is 0 Å². The minimum absolute atomic E-state index is 0.138. The van der Waals surface area contributed by atoms with Gasteiger partial charge >= 0.3 is 0 Å². The van der Waals surface area contributed by atoms with Crippen molar-refractivity contribution in [3.63, 3.8) is 0 Å². The van der Waals surface area contributed by atoms with E-state index in [1.165, 1.54) is 11.3 Å². The van der Waals surface area contributed by atoms with Gasteiger partial charge in [-0.15, -0.1) is 11.3 Å². The second kappa shape index (κ2) is 7.66. The number of nitrogens with one attached hydrogen (secondary N) is 1. The van der Waals surface area contributed by atoms with Crippen LogP contribution in [-0.4, -0.2) is 47.5 Å². The molecule has 2 N–H and O–H groups in total. The fourth-order valence-corrected chi connectivity index (χ4v) is 4.72. The molecular weight excluding hydrogens is 400 g/mol. The summed E-state index contributed by atoms with van der Waals surface area (Å²) in [4.78, 5) is 17.9. The van der Waals surface area contributed by atoms with E-state index in [1.807, 2.05) is 37.1 Å². The van der Waals surface area contributed by atoms with Crippen LogP contribution in [0.25, 0.3) is 27.9 Å². The molecule has 9 heteroatoms. The Labute approximate surface area is 177 Å². The second-order valence-electron chi connectivity index (χ2n) is 7.70. The Morgan fingerprint density at radius 3 is 2.77 bits per heavy atom. The van der Waals surface area contributed by atoms with Gasteiger partial charge in [0, 0.05) is 42.3 Å². The number of carbonyl (C=O) groups excluding carboxylic acids is 1. The largest absolute Gasteiger partial charge is 0.391 e. The van der Waals surface area contributed by atoms with Gasteiger partial charge in [0.25, 0.3) is 5.91 Å². The predicted molar refractivity (Wildman–Crippen MR) is 114 cm³/mol. The molecule has 4 heterocycles. The monoisotopic (exact) mass is 422 g/mol. The highest BCUT2D eigenvalue weighted by molar-refractivity contribution is 7.12. The third-order valence-corrected chi connectivity index (χ3v) is 6.50. The maximum Gasteiger partial charge on any atom is 0.261 e. The van der Waals surface area contributed by atoms with Gasteiger partial charge in [0.1, 0.15) is 0 Å². The normalized spacial score (nSPS) is 19.3. The molecule has 2 atom stereocenters. The highest BCUT2D eigenvalue weighted by Crippen LogP contribution is 2.29. The number of thiophene rings is 1. The summed E-state index contributed by atoms with van der Waals surface area (Å²) in [7, 11) is 1.88. The Balaban J connectivity index is 1.38. The van der Waals surface area contributed by atoms with Gasteiger partial charge in [-0.3, -0.25) is 9.48 Å². The SMILES string of the molecule is Cn1cc(-c2cnc3c(-c4csc(C(=O)NC5CCCCC5O)c4)cnn3c2)cn1. The first kappa shape index (κ1) is 19.0. The Morgan fingerprint density at radius 2 is 1.97 bits per heavy atom. The van der Waals surface area contributed by atoms with Crippen LogP contribution < -0.4 is 5.32 Å². The van der Waals surface area contributed by atoms with Gasteiger partial charge in [-0.2, -0.15) is 10.2 Å². The van der Waals surface area contributed by atoms with Crippen LogP contribution in [-0.2, 0) is 7.05 Å². The molecule has 0 saturated heterocycles. The number of fused-ring (bicyclic) bond motifs is 1. The van der Waals surface area contributed by atoms with E-state index in [0.717, 1.165) is 53.6 Å². The molecule has 1 aliphatic carbocycles. The number of hydrogen-bond donors (Lipinski definition) is 2. The van der Waals surface area contributed by atoms with Crippen molar-refractivity contribution in [2.75, 3.05) is 0 Å². The average molecular weight is 423 g/mol. The first-order valence-electron chi connectivity index (χ1n) is 9.99. The number of amides is 1. The third kappa shape index (κ3) is 3.50. The van der Waals surface area contributed by atoms with Crippen molar-refractivity contribution < 1.29 is 9.90 Å². The molecule has 1 fully saturated rings. The van der Waals surface area contributed by atoms with Crippen LogP contribution in [0.5, 0.6) is 0 Å². The average Bonchev–Trinajstić information content (AvgIpc) is 3.48. The van der Waals surface area contributed by atoms with Crippen LogP contribution in [0.3, 0.4) is 0 Å². The molecule has 2 unspecified atom stereocenters. The summed E-state index contributed by atoms with van der Waals surface area (Å²) in [6.45, 7) is 0. The maximum atomic E-state index is 12.7. The van der Waals surface area contributed by atoms with E-state index in [0.29, 0.717) is 4.88 Å². The first-order valence-corrected chi connectivity index (χ1v) is 10.9. The van der Waals surface area contributed by atoms with Crippen molar-refractivity contribution in [3.05, 3.63) is 47.3 Å². The Kier molecular flexibility index (Phi) is 4.84.